The maximum Gasteiger partial charge on any atom is 0.347 e. The van der Waals surface area contributed by atoms with Crippen molar-refractivity contribution in [3.63, 3.8) is 0 Å². The molecule has 158 valence electrons. The molecule has 0 saturated heterocycles. The molecule has 4 rings (SSSR count). The first-order valence-electron chi connectivity index (χ1n) is 9.52. The number of esters is 1. The molecule has 0 bridgehead atoms. The zero-order valence-electron chi connectivity index (χ0n) is 16.9. The van der Waals surface area contributed by atoms with Crippen LogP contribution in [0.3, 0.4) is 0 Å². The van der Waals surface area contributed by atoms with E-state index in [1.54, 1.807) is 18.2 Å². The lowest BCUT2D eigenvalue weighted by atomic mass is 10.1. The Morgan fingerprint density at radius 2 is 1.87 bits per heavy atom. The van der Waals surface area contributed by atoms with Crippen LogP contribution in [0.4, 0.5) is 4.39 Å². The SMILES string of the molecule is Cc1cc(C(=O)COC(=O)c2ccc3n[nH]c(=O)n3c2)c(C)n1Cc1ccc(F)cc1. The van der Waals surface area contributed by atoms with Crippen LogP contribution >= 0.6 is 0 Å². The number of aromatic amines is 1. The lowest BCUT2D eigenvalue weighted by Gasteiger charge is -2.10. The molecule has 9 heteroatoms. The molecule has 4 aromatic rings. The average Bonchev–Trinajstić information content (AvgIpc) is 3.27. The van der Waals surface area contributed by atoms with Gasteiger partial charge in [-0.3, -0.25) is 4.79 Å². The van der Waals surface area contributed by atoms with Crippen LogP contribution in [0, 0.1) is 19.7 Å². The van der Waals surface area contributed by atoms with E-state index in [2.05, 4.69) is 10.2 Å². The summed E-state index contributed by atoms with van der Waals surface area (Å²) >= 11 is 0. The van der Waals surface area contributed by atoms with Crippen molar-refractivity contribution >= 4 is 17.4 Å². The number of ketones is 1. The molecule has 0 atom stereocenters. The Morgan fingerprint density at radius 3 is 2.61 bits per heavy atom. The van der Waals surface area contributed by atoms with Crippen LogP contribution in [0.2, 0.25) is 0 Å². The van der Waals surface area contributed by atoms with Gasteiger partial charge in [-0.15, -0.1) is 0 Å². The third-order valence-corrected chi connectivity index (χ3v) is 5.11. The number of carbonyl (C=O) groups is 2. The van der Waals surface area contributed by atoms with E-state index in [-0.39, 0.29) is 17.2 Å². The third-order valence-electron chi connectivity index (χ3n) is 5.11. The zero-order chi connectivity index (χ0) is 22.1. The number of aromatic nitrogens is 4. The number of hydrogen-bond donors (Lipinski definition) is 1. The molecule has 0 aliphatic rings. The first-order chi connectivity index (χ1) is 14.8. The maximum absolute atomic E-state index is 13.1. The number of H-pyrrole nitrogens is 1. The quantitative estimate of drug-likeness (QED) is 0.381. The van der Waals surface area contributed by atoms with Crippen LogP contribution in [0.5, 0.6) is 0 Å². The first kappa shape index (κ1) is 20.3. The van der Waals surface area contributed by atoms with Crippen LogP contribution in [-0.2, 0) is 11.3 Å². The predicted octanol–water partition coefficient (Wildman–Crippen LogP) is 2.67. The van der Waals surface area contributed by atoms with E-state index in [0.29, 0.717) is 17.8 Å². The molecular formula is C22H19FN4O4. The number of benzene rings is 1. The van der Waals surface area contributed by atoms with Gasteiger partial charge in [0.15, 0.2) is 12.3 Å². The number of ether oxygens (including phenoxy) is 1. The number of carbonyl (C=O) groups excluding carboxylic acids is 2. The van der Waals surface area contributed by atoms with Crippen molar-refractivity contribution < 1.29 is 18.7 Å². The van der Waals surface area contributed by atoms with Crippen molar-refractivity contribution in [3.8, 4) is 0 Å². The normalized spacial score (nSPS) is 11.1. The molecular weight excluding hydrogens is 403 g/mol. The maximum atomic E-state index is 13.1. The minimum Gasteiger partial charge on any atom is -0.454 e. The second-order valence-electron chi connectivity index (χ2n) is 7.17. The minimum absolute atomic E-state index is 0.130. The fraction of sp³-hybridized carbons (Fsp3) is 0.182. The second-order valence-corrected chi connectivity index (χ2v) is 7.17. The van der Waals surface area contributed by atoms with E-state index in [4.69, 9.17) is 4.74 Å². The van der Waals surface area contributed by atoms with Gasteiger partial charge in [0.1, 0.15) is 5.82 Å². The highest BCUT2D eigenvalue weighted by atomic mass is 19.1. The monoisotopic (exact) mass is 422 g/mol. The predicted molar refractivity (Wildman–Crippen MR) is 110 cm³/mol. The molecule has 3 aromatic heterocycles. The number of Topliss-reactive ketones (excluding diaryl/α,β-unsaturated/α-hetero) is 1. The van der Waals surface area contributed by atoms with Crippen LogP contribution in [-0.4, -0.2) is 37.5 Å². The Bertz CT molecular complexity index is 1350. The molecule has 0 radical (unpaired) electrons. The number of nitrogens with one attached hydrogen (secondary N) is 1. The van der Waals surface area contributed by atoms with E-state index in [0.717, 1.165) is 17.0 Å². The molecule has 0 unspecified atom stereocenters. The summed E-state index contributed by atoms with van der Waals surface area (Å²) in [6, 6.07) is 10.9. The summed E-state index contributed by atoms with van der Waals surface area (Å²) in [5.74, 6) is -1.36. The number of rotatable bonds is 6. The fourth-order valence-corrected chi connectivity index (χ4v) is 3.42. The van der Waals surface area contributed by atoms with Crippen molar-refractivity contribution in [1.82, 2.24) is 19.2 Å². The average molecular weight is 422 g/mol. The number of halogens is 1. The van der Waals surface area contributed by atoms with Gasteiger partial charge in [0.05, 0.1) is 5.56 Å². The summed E-state index contributed by atoms with van der Waals surface area (Å²) in [5, 5.41) is 6.06. The smallest absolute Gasteiger partial charge is 0.347 e. The molecule has 0 spiro atoms. The molecule has 0 fully saturated rings. The largest absolute Gasteiger partial charge is 0.454 e. The van der Waals surface area contributed by atoms with Gasteiger partial charge in [-0.2, -0.15) is 5.10 Å². The standard InChI is InChI=1S/C22H19FN4O4/c1-13-9-18(14(2)26(13)10-15-3-6-17(23)7-4-15)19(28)12-31-21(29)16-5-8-20-24-25-22(30)27(20)11-16/h3-9,11H,10,12H2,1-2H3,(H,25,30). The lowest BCUT2D eigenvalue weighted by Crippen LogP contribution is -2.16. The van der Waals surface area contributed by atoms with Crippen molar-refractivity contribution in [1.29, 1.82) is 0 Å². The topological polar surface area (TPSA) is 98.5 Å². The molecule has 31 heavy (non-hydrogen) atoms. The number of aryl methyl sites for hydroxylation is 1. The third kappa shape index (κ3) is 4.02. The number of nitrogens with zero attached hydrogens (tertiary/aromatic N) is 3. The van der Waals surface area contributed by atoms with Gasteiger partial charge < -0.3 is 9.30 Å². The first-order valence-corrected chi connectivity index (χ1v) is 9.52. The summed E-state index contributed by atoms with van der Waals surface area (Å²) in [5.41, 5.74) is 2.97. The van der Waals surface area contributed by atoms with E-state index in [9.17, 15) is 18.8 Å². The summed E-state index contributed by atoms with van der Waals surface area (Å²) < 4.78 is 21.4. The van der Waals surface area contributed by atoms with Crippen LogP contribution in [0.15, 0.2) is 53.5 Å². The molecule has 0 aliphatic heterocycles. The Labute approximate surface area is 175 Å². The molecule has 1 N–H and O–H groups in total. The van der Waals surface area contributed by atoms with Crippen molar-refractivity contribution in [2.24, 2.45) is 0 Å². The van der Waals surface area contributed by atoms with Crippen molar-refractivity contribution in [3.05, 3.63) is 93.0 Å². The van der Waals surface area contributed by atoms with Gasteiger partial charge in [0.2, 0.25) is 5.78 Å². The van der Waals surface area contributed by atoms with Gasteiger partial charge in [0, 0.05) is 29.7 Å². The Morgan fingerprint density at radius 1 is 1.13 bits per heavy atom. The van der Waals surface area contributed by atoms with E-state index < -0.39 is 18.3 Å². The highest BCUT2D eigenvalue weighted by Crippen LogP contribution is 2.18. The van der Waals surface area contributed by atoms with E-state index >= 15 is 0 Å². The molecule has 1 aromatic carbocycles. The molecule has 0 amide bonds. The minimum atomic E-state index is -0.719. The van der Waals surface area contributed by atoms with Gasteiger partial charge >= 0.3 is 11.7 Å². The van der Waals surface area contributed by atoms with Gasteiger partial charge in [0.25, 0.3) is 0 Å². The summed E-state index contributed by atoms with van der Waals surface area (Å²) in [6.07, 6.45) is 1.31. The van der Waals surface area contributed by atoms with Crippen LogP contribution in [0.1, 0.15) is 37.7 Å². The highest BCUT2D eigenvalue weighted by Gasteiger charge is 2.18. The van der Waals surface area contributed by atoms with Crippen molar-refractivity contribution in [2.75, 3.05) is 6.61 Å². The number of pyridine rings is 1. The van der Waals surface area contributed by atoms with Crippen LogP contribution < -0.4 is 5.69 Å². The Balaban J connectivity index is 1.46. The van der Waals surface area contributed by atoms with Crippen molar-refractivity contribution in [2.45, 2.75) is 20.4 Å². The van der Waals surface area contributed by atoms with E-state index in [1.165, 1.54) is 34.9 Å². The summed E-state index contributed by atoms with van der Waals surface area (Å²) in [7, 11) is 0. The van der Waals surface area contributed by atoms with E-state index in [1.807, 2.05) is 18.4 Å². The summed E-state index contributed by atoms with van der Waals surface area (Å²) in [4.78, 5) is 36.6. The highest BCUT2D eigenvalue weighted by molar-refractivity contribution is 6.00. The second kappa shape index (κ2) is 8.02. The number of hydrogen-bond acceptors (Lipinski definition) is 5. The zero-order valence-corrected chi connectivity index (χ0v) is 16.9. The Hall–Kier alpha value is -4.01. The number of fused-ring (bicyclic) bond motifs is 1. The fourth-order valence-electron chi connectivity index (χ4n) is 3.42. The molecule has 8 nitrogen and oxygen atoms in total. The molecule has 0 saturated carbocycles. The molecule has 0 aliphatic carbocycles. The van der Waals surface area contributed by atoms with Gasteiger partial charge in [-0.1, -0.05) is 12.1 Å². The van der Waals surface area contributed by atoms with Gasteiger partial charge in [-0.05, 0) is 49.7 Å². The Kier molecular flexibility index (Phi) is 5.24. The van der Waals surface area contributed by atoms with Gasteiger partial charge in [-0.25, -0.2) is 23.5 Å². The summed E-state index contributed by atoms with van der Waals surface area (Å²) in [6.45, 7) is 3.74. The molecule has 3 heterocycles. The van der Waals surface area contributed by atoms with Crippen LogP contribution in [0.25, 0.3) is 5.65 Å². The lowest BCUT2D eigenvalue weighted by molar-refractivity contribution is 0.0474.